The van der Waals surface area contributed by atoms with E-state index in [1.807, 2.05) is 60.1 Å². The second-order valence-corrected chi connectivity index (χ2v) is 8.78. The van der Waals surface area contributed by atoms with Gasteiger partial charge in [-0.1, -0.05) is 49.9 Å². The van der Waals surface area contributed by atoms with Gasteiger partial charge in [0.1, 0.15) is 11.0 Å². The van der Waals surface area contributed by atoms with Crippen LogP contribution in [-0.4, -0.2) is 32.6 Å². The van der Waals surface area contributed by atoms with Gasteiger partial charge in [0, 0.05) is 12.1 Å². The van der Waals surface area contributed by atoms with E-state index in [0.29, 0.717) is 11.8 Å². The van der Waals surface area contributed by atoms with Crippen molar-refractivity contribution in [2.45, 2.75) is 56.5 Å². The number of aromatic nitrogens is 3. The van der Waals surface area contributed by atoms with Crippen LogP contribution in [0.25, 0.3) is 0 Å². The molecule has 1 amide bonds. The number of benzene rings is 2. The van der Waals surface area contributed by atoms with Crippen LogP contribution in [0.2, 0.25) is 0 Å². The molecule has 0 aliphatic carbocycles. The fourth-order valence-corrected chi connectivity index (χ4v) is 4.81. The molecular formula is C24H29N5O2S. The number of nitrogens with zero attached hydrogens (tertiary/aromatic N) is 3. The number of hydrogen-bond donors (Lipinski definition) is 2. The van der Waals surface area contributed by atoms with Crippen LogP contribution >= 0.6 is 11.8 Å². The largest absolute Gasteiger partial charge is 0.494 e. The molecule has 0 spiro atoms. The summed E-state index contributed by atoms with van der Waals surface area (Å²) in [5, 5.41) is 12.0. The third-order valence-electron chi connectivity index (χ3n) is 5.42. The Morgan fingerprint density at radius 2 is 1.84 bits per heavy atom. The molecule has 7 nitrogen and oxygen atoms in total. The molecule has 8 heteroatoms. The third-order valence-corrected chi connectivity index (χ3v) is 6.63. The highest BCUT2D eigenvalue weighted by molar-refractivity contribution is 8.00. The lowest BCUT2D eigenvalue weighted by molar-refractivity contribution is -0.116. The molecule has 0 radical (unpaired) electrons. The van der Waals surface area contributed by atoms with E-state index in [1.165, 1.54) is 17.3 Å². The summed E-state index contributed by atoms with van der Waals surface area (Å²) in [6, 6.07) is 15.6. The average Bonchev–Trinajstić information content (AvgIpc) is 3.21. The molecule has 2 heterocycles. The number of rotatable bonds is 8. The smallest absolute Gasteiger partial charge is 0.240 e. The number of carbonyl (C=O) groups excluding carboxylic acids is 1. The molecule has 1 aromatic heterocycles. The Morgan fingerprint density at radius 1 is 1.09 bits per heavy atom. The molecule has 0 saturated carbocycles. The minimum absolute atomic E-state index is 0.0723. The van der Waals surface area contributed by atoms with Crippen molar-refractivity contribution in [2.75, 3.05) is 17.3 Å². The number of fused-ring (bicyclic) bond motifs is 1. The van der Waals surface area contributed by atoms with Gasteiger partial charge in [-0.3, -0.25) is 4.79 Å². The standard InChI is InChI=1S/C24H29N5O2S/c1-4-7-20-26-27-24-29(20)28-21(17-10-14-19(15-11-17)31-6-3)22(32-24)23(30)25-18-12-8-16(5-2)9-13-18/h8-15,21-22,28H,4-7H2,1-3H3,(H,25,30)/t21-,22-/m1/s1. The Morgan fingerprint density at radius 3 is 2.50 bits per heavy atom. The number of aryl methyl sites for hydroxylation is 2. The van der Waals surface area contributed by atoms with Gasteiger partial charge in [0.05, 0.1) is 12.6 Å². The maximum absolute atomic E-state index is 13.4. The first-order valence-corrected chi connectivity index (χ1v) is 12.0. The maximum Gasteiger partial charge on any atom is 0.240 e. The molecule has 4 rings (SSSR count). The second-order valence-electron chi connectivity index (χ2n) is 7.67. The summed E-state index contributed by atoms with van der Waals surface area (Å²) < 4.78 is 7.51. The lowest BCUT2D eigenvalue weighted by atomic mass is 10.0. The zero-order chi connectivity index (χ0) is 22.5. The van der Waals surface area contributed by atoms with Crippen molar-refractivity contribution in [2.24, 2.45) is 0 Å². The molecule has 32 heavy (non-hydrogen) atoms. The molecule has 3 aromatic rings. The third kappa shape index (κ3) is 4.75. The molecule has 0 saturated heterocycles. The topological polar surface area (TPSA) is 81.1 Å². The summed E-state index contributed by atoms with van der Waals surface area (Å²) in [6.45, 7) is 6.80. The number of thioether (sulfide) groups is 1. The molecule has 0 bridgehead atoms. The summed E-state index contributed by atoms with van der Waals surface area (Å²) in [4.78, 5) is 13.4. The van der Waals surface area contributed by atoms with E-state index < -0.39 is 5.25 Å². The van der Waals surface area contributed by atoms with Crippen molar-refractivity contribution in [1.29, 1.82) is 0 Å². The first kappa shape index (κ1) is 22.2. The number of amides is 1. The maximum atomic E-state index is 13.4. The quantitative estimate of drug-likeness (QED) is 0.521. The fraction of sp³-hybridized carbons (Fsp3) is 0.375. The first-order chi connectivity index (χ1) is 15.6. The molecule has 2 aromatic carbocycles. The van der Waals surface area contributed by atoms with E-state index in [-0.39, 0.29) is 11.9 Å². The monoisotopic (exact) mass is 451 g/mol. The van der Waals surface area contributed by atoms with Gasteiger partial charge >= 0.3 is 0 Å². The van der Waals surface area contributed by atoms with Crippen molar-refractivity contribution in [3.05, 3.63) is 65.5 Å². The van der Waals surface area contributed by atoms with Crippen molar-refractivity contribution < 1.29 is 9.53 Å². The van der Waals surface area contributed by atoms with E-state index in [2.05, 4.69) is 34.8 Å². The predicted octanol–water partition coefficient (Wildman–Crippen LogP) is 4.59. The average molecular weight is 452 g/mol. The van der Waals surface area contributed by atoms with Gasteiger partial charge in [-0.05, 0) is 55.2 Å². The summed E-state index contributed by atoms with van der Waals surface area (Å²) in [5.41, 5.74) is 6.53. The molecule has 0 fully saturated rings. The molecule has 1 aliphatic heterocycles. The number of ether oxygens (including phenoxy) is 1. The highest BCUT2D eigenvalue weighted by Gasteiger charge is 2.37. The van der Waals surface area contributed by atoms with Gasteiger partial charge in [-0.2, -0.15) is 0 Å². The van der Waals surface area contributed by atoms with Gasteiger partial charge in [0.2, 0.25) is 11.1 Å². The number of hydrogen-bond acceptors (Lipinski definition) is 6. The molecule has 2 atom stereocenters. The predicted molar refractivity (Wildman–Crippen MR) is 128 cm³/mol. The highest BCUT2D eigenvalue weighted by atomic mass is 32.2. The number of carbonyl (C=O) groups is 1. The highest BCUT2D eigenvalue weighted by Crippen LogP contribution is 2.38. The fourth-order valence-electron chi connectivity index (χ4n) is 3.71. The van der Waals surface area contributed by atoms with Crippen LogP contribution in [0, 0.1) is 0 Å². The molecular weight excluding hydrogens is 422 g/mol. The van der Waals surface area contributed by atoms with Crippen LogP contribution in [-0.2, 0) is 17.6 Å². The Labute approximate surface area is 192 Å². The SMILES string of the molecule is CCCc1nnc2n1N[C@H](c1ccc(OCC)cc1)[C@H](C(=O)Nc1ccc(CC)cc1)S2. The molecule has 168 valence electrons. The van der Waals surface area contributed by atoms with Gasteiger partial charge in [-0.15, -0.1) is 10.2 Å². The van der Waals surface area contributed by atoms with Gasteiger partial charge in [0.15, 0.2) is 5.82 Å². The second kappa shape index (κ2) is 10.1. The van der Waals surface area contributed by atoms with E-state index >= 15 is 0 Å². The van der Waals surface area contributed by atoms with E-state index in [4.69, 9.17) is 4.74 Å². The minimum Gasteiger partial charge on any atom is -0.494 e. The van der Waals surface area contributed by atoms with Gasteiger partial charge in [-0.25, -0.2) is 4.68 Å². The summed E-state index contributed by atoms with van der Waals surface area (Å²) in [5.74, 6) is 1.62. The van der Waals surface area contributed by atoms with Crippen LogP contribution in [0.1, 0.15) is 50.2 Å². The van der Waals surface area contributed by atoms with Crippen molar-refractivity contribution in [3.63, 3.8) is 0 Å². The van der Waals surface area contributed by atoms with E-state index in [1.54, 1.807) is 0 Å². The van der Waals surface area contributed by atoms with Gasteiger partial charge in [0.25, 0.3) is 0 Å². The van der Waals surface area contributed by atoms with Crippen LogP contribution in [0.3, 0.4) is 0 Å². The molecule has 0 unspecified atom stereocenters. The van der Waals surface area contributed by atoms with Crippen molar-refractivity contribution in [3.8, 4) is 5.75 Å². The number of nitrogens with one attached hydrogen (secondary N) is 2. The van der Waals surface area contributed by atoms with Crippen LogP contribution in [0.4, 0.5) is 5.69 Å². The normalized spacial score (nSPS) is 17.3. The first-order valence-electron chi connectivity index (χ1n) is 11.1. The summed E-state index contributed by atoms with van der Waals surface area (Å²) >= 11 is 1.44. The zero-order valence-corrected chi connectivity index (χ0v) is 19.5. The Bertz CT molecular complexity index is 1050. The van der Waals surface area contributed by atoms with Gasteiger partial charge < -0.3 is 15.5 Å². The lowest BCUT2D eigenvalue weighted by Gasteiger charge is -2.33. The Kier molecular flexibility index (Phi) is 6.99. The Hall–Kier alpha value is -3.00. The van der Waals surface area contributed by atoms with Crippen molar-refractivity contribution in [1.82, 2.24) is 14.9 Å². The lowest BCUT2D eigenvalue weighted by Crippen LogP contribution is -2.41. The zero-order valence-electron chi connectivity index (χ0n) is 18.7. The van der Waals surface area contributed by atoms with Crippen LogP contribution in [0.15, 0.2) is 53.7 Å². The summed E-state index contributed by atoms with van der Waals surface area (Å²) in [6.07, 6.45) is 2.75. The van der Waals surface area contributed by atoms with Crippen LogP contribution < -0.4 is 15.5 Å². The number of anilines is 1. The van der Waals surface area contributed by atoms with E-state index in [0.717, 1.165) is 42.1 Å². The minimum atomic E-state index is -0.412. The molecule has 1 aliphatic rings. The van der Waals surface area contributed by atoms with E-state index in [9.17, 15) is 4.79 Å². The Balaban J connectivity index is 1.62. The van der Waals surface area contributed by atoms with Crippen molar-refractivity contribution >= 4 is 23.4 Å². The molecule has 2 N–H and O–H groups in total. The summed E-state index contributed by atoms with van der Waals surface area (Å²) in [7, 11) is 0. The van der Waals surface area contributed by atoms with Crippen LogP contribution in [0.5, 0.6) is 5.75 Å².